The van der Waals surface area contributed by atoms with Gasteiger partial charge in [0.05, 0.1) is 13.5 Å². The fourth-order valence-corrected chi connectivity index (χ4v) is 3.90. The van der Waals surface area contributed by atoms with Crippen LogP contribution in [-0.2, 0) is 14.3 Å². The predicted octanol–water partition coefficient (Wildman–Crippen LogP) is 5.34. The maximum absolute atomic E-state index is 12.4. The highest BCUT2D eigenvalue weighted by atomic mass is 16.6. The normalized spacial score (nSPS) is 16.6. The average Bonchev–Trinajstić information content (AvgIpc) is 3.01. The summed E-state index contributed by atoms with van der Waals surface area (Å²) >= 11 is 0. The first kappa shape index (κ1) is 22.4. The van der Waals surface area contributed by atoms with Gasteiger partial charge in [0, 0.05) is 5.92 Å². The smallest absolute Gasteiger partial charge is 0.360 e. The van der Waals surface area contributed by atoms with Crippen molar-refractivity contribution in [2.75, 3.05) is 7.11 Å². The van der Waals surface area contributed by atoms with Crippen LogP contribution < -0.4 is 0 Å². The van der Waals surface area contributed by atoms with Gasteiger partial charge in [0.1, 0.15) is 11.4 Å². The van der Waals surface area contributed by atoms with Gasteiger partial charge in [-0.2, -0.15) is 0 Å². The SMILES string of the molecule is COC(=O)c1nc(C(CCCC2CCCCC2)CC(=O)OC(C)(C)C)oc1C. The second-order valence-electron chi connectivity index (χ2n) is 8.87. The fraction of sp³-hybridized carbons (Fsp3) is 0.773. The molecule has 1 atom stereocenters. The van der Waals surface area contributed by atoms with E-state index in [4.69, 9.17) is 13.9 Å². The maximum Gasteiger partial charge on any atom is 0.360 e. The Balaban J connectivity index is 2.06. The van der Waals surface area contributed by atoms with Crippen molar-refractivity contribution in [1.82, 2.24) is 4.98 Å². The lowest BCUT2D eigenvalue weighted by molar-refractivity contribution is -0.155. The maximum atomic E-state index is 12.4. The molecule has 1 aromatic heterocycles. The summed E-state index contributed by atoms with van der Waals surface area (Å²) in [7, 11) is 1.32. The highest BCUT2D eigenvalue weighted by Crippen LogP contribution is 2.32. The molecule has 158 valence electrons. The van der Waals surface area contributed by atoms with Crippen molar-refractivity contribution >= 4 is 11.9 Å². The molecular formula is C22H35NO5. The van der Waals surface area contributed by atoms with Crippen LogP contribution in [0.4, 0.5) is 0 Å². The molecule has 0 bridgehead atoms. The van der Waals surface area contributed by atoms with Gasteiger partial charge in [-0.15, -0.1) is 0 Å². The third kappa shape index (κ3) is 6.95. The number of ether oxygens (including phenoxy) is 2. The molecule has 1 saturated carbocycles. The van der Waals surface area contributed by atoms with Gasteiger partial charge in [0.25, 0.3) is 0 Å². The highest BCUT2D eigenvalue weighted by Gasteiger charge is 2.28. The number of nitrogens with zero attached hydrogens (tertiary/aromatic N) is 1. The summed E-state index contributed by atoms with van der Waals surface area (Å²) in [6.07, 6.45) is 9.77. The largest absolute Gasteiger partial charge is 0.464 e. The van der Waals surface area contributed by atoms with Crippen LogP contribution in [0.2, 0.25) is 0 Å². The van der Waals surface area contributed by atoms with Gasteiger partial charge in [0.2, 0.25) is 0 Å². The third-order valence-corrected chi connectivity index (χ3v) is 5.26. The van der Waals surface area contributed by atoms with E-state index in [1.165, 1.54) is 39.2 Å². The van der Waals surface area contributed by atoms with Crippen molar-refractivity contribution in [3.05, 3.63) is 17.3 Å². The Morgan fingerprint density at radius 2 is 1.89 bits per heavy atom. The number of aryl methyl sites for hydroxylation is 1. The minimum Gasteiger partial charge on any atom is -0.464 e. The zero-order chi connectivity index (χ0) is 20.7. The Morgan fingerprint density at radius 3 is 2.50 bits per heavy atom. The second kappa shape index (κ2) is 10.1. The molecule has 2 rings (SSSR count). The van der Waals surface area contributed by atoms with E-state index in [0.717, 1.165) is 25.2 Å². The van der Waals surface area contributed by atoms with Crippen LogP contribution in [0.5, 0.6) is 0 Å². The zero-order valence-electron chi connectivity index (χ0n) is 18.0. The molecule has 0 N–H and O–H groups in total. The van der Waals surface area contributed by atoms with E-state index in [1.54, 1.807) is 6.92 Å². The number of rotatable bonds is 8. The van der Waals surface area contributed by atoms with E-state index in [0.29, 0.717) is 11.7 Å². The first-order valence-electron chi connectivity index (χ1n) is 10.5. The summed E-state index contributed by atoms with van der Waals surface area (Å²) in [5.74, 6) is 0.635. The van der Waals surface area contributed by atoms with E-state index < -0.39 is 11.6 Å². The number of aromatic nitrogens is 1. The van der Waals surface area contributed by atoms with Gasteiger partial charge in [0.15, 0.2) is 11.6 Å². The minimum atomic E-state index is -0.534. The van der Waals surface area contributed by atoms with Crippen molar-refractivity contribution in [2.45, 2.75) is 97.0 Å². The van der Waals surface area contributed by atoms with E-state index in [-0.39, 0.29) is 24.0 Å². The lowest BCUT2D eigenvalue weighted by Gasteiger charge is -2.23. The molecule has 0 aliphatic heterocycles. The van der Waals surface area contributed by atoms with Crippen LogP contribution in [0.1, 0.15) is 107 Å². The minimum absolute atomic E-state index is 0.180. The van der Waals surface area contributed by atoms with Crippen molar-refractivity contribution in [3.63, 3.8) is 0 Å². The lowest BCUT2D eigenvalue weighted by atomic mass is 9.84. The summed E-state index contributed by atoms with van der Waals surface area (Å²) in [4.78, 5) is 28.6. The van der Waals surface area contributed by atoms with Gasteiger partial charge in [-0.05, 0) is 40.0 Å². The molecule has 1 fully saturated rings. The molecule has 28 heavy (non-hydrogen) atoms. The molecule has 1 unspecified atom stereocenters. The molecule has 0 aromatic carbocycles. The van der Waals surface area contributed by atoms with Crippen molar-refractivity contribution in [2.24, 2.45) is 5.92 Å². The van der Waals surface area contributed by atoms with E-state index in [9.17, 15) is 9.59 Å². The first-order chi connectivity index (χ1) is 13.2. The standard InChI is InChI=1S/C22H35NO5/c1-15-19(21(25)26-5)23-20(27-15)17(14-18(24)28-22(2,3)4)13-9-12-16-10-7-6-8-11-16/h16-17H,6-14H2,1-5H3. The van der Waals surface area contributed by atoms with Crippen molar-refractivity contribution in [3.8, 4) is 0 Å². The number of methoxy groups -OCH3 is 1. The molecule has 1 aromatic rings. The topological polar surface area (TPSA) is 78.6 Å². The van der Waals surface area contributed by atoms with Gasteiger partial charge in [-0.25, -0.2) is 9.78 Å². The van der Waals surface area contributed by atoms with Gasteiger partial charge in [-0.1, -0.05) is 44.9 Å². The van der Waals surface area contributed by atoms with Crippen LogP contribution in [0.25, 0.3) is 0 Å². The molecule has 0 spiro atoms. The van der Waals surface area contributed by atoms with Crippen molar-refractivity contribution < 1.29 is 23.5 Å². The van der Waals surface area contributed by atoms with Gasteiger partial charge >= 0.3 is 11.9 Å². The van der Waals surface area contributed by atoms with Crippen LogP contribution in [0.15, 0.2) is 4.42 Å². The monoisotopic (exact) mass is 393 g/mol. The number of esters is 2. The lowest BCUT2D eigenvalue weighted by Crippen LogP contribution is -2.25. The van der Waals surface area contributed by atoms with Crippen LogP contribution in [0.3, 0.4) is 0 Å². The predicted molar refractivity (Wildman–Crippen MR) is 106 cm³/mol. The molecule has 1 aliphatic rings. The van der Waals surface area contributed by atoms with E-state index >= 15 is 0 Å². The fourth-order valence-electron chi connectivity index (χ4n) is 3.90. The Labute approximate surface area is 168 Å². The third-order valence-electron chi connectivity index (χ3n) is 5.26. The van der Waals surface area contributed by atoms with Gasteiger partial charge < -0.3 is 13.9 Å². The number of hydrogen-bond donors (Lipinski definition) is 0. The molecule has 6 heteroatoms. The Kier molecular flexibility index (Phi) is 8.08. The highest BCUT2D eigenvalue weighted by molar-refractivity contribution is 5.88. The number of carbonyl (C=O) groups is 2. The number of carbonyl (C=O) groups excluding carboxylic acids is 2. The van der Waals surface area contributed by atoms with Crippen molar-refractivity contribution in [1.29, 1.82) is 0 Å². The van der Waals surface area contributed by atoms with Crippen LogP contribution >= 0.6 is 0 Å². The molecule has 0 saturated heterocycles. The van der Waals surface area contributed by atoms with Crippen LogP contribution in [0, 0.1) is 12.8 Å². The molecule has 0 radical (unpaired) electrons. The summed E-state index contributed by atoms with van der Waals surface area (Å²) in [5, 5.41) is 0. The number of oxazole rings is 1. The molecule has 1 aliphatic carbocycles. The molecule has 6 nitrogen and oxygen atoms in total. The average molecular weight is 394 g/mol. The Hall–Kier alpha value is -1.85. The Morgan fingerprint density at radius 1 is 1.21 bits per heavy atom. The molecule has 0 amide bonds. The van der Waals surface area contributed by atoms with Gasteiger partial charge in [-0.3, -0.25) is 4.79 Å². The Bertz CT molecular complexity index is 652. The first-order valence-corrected chi connectivity index (χ1v) is 10.5. The molecular weight excluding hydrogens is 358 g/mol. The van der Waals surface area contributed by atoms with E-state index in [2.05, 4.69) is 4.98 Å². The molecule has 1 heterocycles. The summed E-state index contributed by atoms with van der Waals surface area (Å²) in [6, 6.07) is 0. The van der Waals surface area contributed by atoms with E-state index in [1.807, 2.05) is 20.8 Å². The van der Waals surface area contributed by atoms with Crippen LogP contribution in [-0.4, -0.2) is 29.6 Å². The summed E-state index contributed by atoms with van der Waals surface area (Å²) in [5.41, 5.74) is -0.355. The second-order valence-corrected chi connectivity index (χ2v) is 8.87. The quantitative estimate of drug-likeness (QED) is 0.555. The number of hydrogen-bond acceptors (Lipinski definition) is 6. The summed E-state index contributed by atoms with van der Waals surface area (Å²) in [6.45, 7) is 7.25. The summed E-state index contributed by atoms with van der Waals surface area (Å²) < 4.78 is 16.0. The zero-order valence-corrected chi connectivity index (χ0v) is 18.0.